The summed E-state index contributed by atoms with van der Waals surface area (Å²) < 4.78 is 1.83. The van der Waals surface area contributed by atoms with Crippen LogP contribution < -0.4 is 0 Å². The van der Waals surface area contributed by atoms with Crippen LogP contribution in [0.25, 0.3) is 16.9 Å². The zero-order valence-electron chi connectivity index (χ0n) is 17.4. The average molecular weight is 389 g/mol. The molecule has 1 aliphatic rings. The second-order valence-electron chi connectivity index (χ2n) is 7.94. The minimum atomic E-state index is 0.0671. The SMILES string of the molecule is Cc1ccc(-c2nn(-c3ccccc3)cc2C(=O)N2CCCN(C)CC2)c(C)c1. The molecule has 0 N–H and O–H groups in total. The molecule has 0 bridgehead atoms. The average Bonchev–Trinajstić information content (AvgIpc) is 3.04. The Morgan fingerprint density at radius 3 is 2.52 bits per heavy atom. The lowest BCUT2D eigenvalue weighted by Gasteiger charge is -2.20. The van der Waals surface area contributed by atoms with Gasteiger partial charge < -0.3 is 9.80 Å². The number of carbonyl (C=O) groups is 1. The summed E-state index contributed by atoms with van der Waals surface area (Å²) in [6.07, 6.45) is 2.88. The first-order valence-electron chi connectivity index (χ1n) is 10.2. The van der Waals surface area contributed by atoms with Gasteiger partial charge in [-0.3, -0.25) is 4.79 Å². The predicted molar refractivity (Wildman–Crippen MR) is 116 cm³/mol. The van der Waals surface area contributed by atoms with Gasteiger partial charge in [-0.25, -0.2) is 4.68 Å². The molecule has 150 valence electrons. The number of aryl methyl sites for hydroxylation is 2. The molecule has 1 saturated heterocycles. The maximum absolute atomic E-state index is 13.5. The van der Waals surface area contributed by atoms with Crippen LogP contribution in [-0.2, 0) is 0 Å². The summed E-state index contributed by atoms with van der Waals surface area (Å²) in [5.41, 5.74) is 5.73. The van der Waals surface area contributed by atoms with E-state index in [-0.39, 0.29) is 5.91 Å². The molecule has 0 unspecified atom stereocenters. The van der Waals surface area contributed by atoms with Crippen molar-refractivity contribution in [2.24, 2.45) is 0 Å². The monoisotopic (exact) mass is 388 g/mol. The Labute approximate surface area is 172 Å². The predicted octanol–water partition coefficient (Wildman–Crippen LogP) is 3.93. The van der Waals surface area contributed by atoms with Gasteiger partial charge in [0.2, 0.25) is 0 Å². The summed E-state index contributed by atoms with van der Waals surface area (Å²) in [5.74, 6) is 0.0671. The highest BCUT2D eigenvalue weighted by Crippen LogP contribution is 2.28. The summed E-state index contributed by atoms with van der Waals surface area (Å²) in [6, 6.07) is 16.3. The molecule has 0 radical (unpaired) electrons. The smallest absolute Gasteiger partial charge is 0.257 e. The van der Waals surface area contributed by atoms with Gasteiger partial charge in [0.1, 0.15) is 5.69 Å². The molecule has 0 saturated carbocycles. The highest BCUT2D eigenvalue weighted by atomic mass is 16.2. The van der Waals surface area contributed by atoms with Crippen LogP contribution in [0.4, 0.5) is 0 Å². The van der Waals surface area contributed by atoms with Crippen molar-refractivity contribution in [1.82, 2.24) is 19.6 Å². The molecule has 3 aromatic rings. The van der Waals surface area contributed by atoms with Gasteiger partial charge in [0, 0.05) is 31.4 Å². The number of nitrogens with zero attached hydrogens (tertiary/aromatic N) is 4. The zero-order chi connectivity index (χ0) is 20.4. The van der Waals surface area contributed by atoms with E-state index in [4.69, 9.17) is 5.10 Å². The molecule has 1 fully saturated rings. The summed E-state index contributed by atoms with van der Waals surface area (Å²) in [5, 5.41) is 4.85. The molecule has 2 aromatic carbocycles. The topological polar surface area (TPSA) is 41.4 Å². The van der Waals surface area contributed by atoms with E-state index in [9.17, 15) is 4.79 Å². The number of hydrogen-bond donors (Lipinski definition) is 0. The van der Waals surface area contributed by atoms with Crippen LogP contribution in [-0.4, -0.2) is 58.7 Å². The van der Waals surface area contributed by atoms with Gasteiger partial charge in [-0.15, -0.1) is 0 Å². The number of para-hydroxylation sites is 1. The molecule has 2 heterocycles. The summed E-state index contributed by atoms with van der Waals surface area (Å²) >= 11 is 0. The normalized spacial score (nSPS) is 15.3. The number of amides is 1. The van der Waals surface area contributed by atoms with Crippen molar-refractivity contribution in [2.75, 3.05) is 33.2 Å². The standard InChI is InChI=1S/C24H28N4O/c1-18-10-11-21(19(2)16-18)23-22(17-28(25-23)20-8-5-4-6-9-20)24(29)27-13-7-12-26(3)14-15-27/h4-6,8-11,16-17H,7,12-15H2,1-3H3. The van der Waals surface area contributed by atoms with Crippen molar-refractivity contribution in [3.05, 3.63) is 71.4 Å². The number of benzene rings is 2. The lowest BCUT2D eigenvalue weighted by molar-refractivity contribution is 0.0763. The molecular formula is C24H28N4O. The fraction of sp³-hybridized carbons (Fsp3) is 0.333. The lowest BCUT2D eigenvalue weighted by Crippen LogP contribution is -2.34. The first-order chi connectivity index (χ1) is 14.0. The number of likely N-dealkylation sites (N-methyl/N-ethyl adjacent to an activating group) is 1. The highest BCUT2D eigenvalue weighted by molar-refractivity contribution is 6.00. The fourth-order valence-corrected chi connectivity index (χ4v) is 3.94. The van der Waals surface area contributed by atoms with Crippen molar-refractivity contribution in [1.29, 1.82) is 0 Å². The third-order valence-corrected chi connectivity index (χ3v) is 5.61. The van der Waals surface area contributed by atoms with Gasteiger partial charge in [-0.2, -0.15) is 5.10 Å². The van der Waals surface area contributed by atoms with Crippen LogP contribution in [0.3, 0.4) is 0 Å². The van der Waals surface area contributed by atoms with E-state index in [1.54, 1.807) is 0 Å². The third kappa shape index (κ3) is 4.10. The quantitative estimate of drug-likeness (QED) is 0.683. The molecule has 1 aliphatic heterocycles. The first-order valence-corrected chi connectivity index (χ1v) is 10.2. The Hall–Kier alpha value is -2.92. The van der Waals surface area contributed by atoms with E-state index in [2.05, 4.69) is 44.0 Å². The second-order valence-corrected chi connectivity index (χ2v) is 7.94. The van der Waals surface area contributed by atoms with Crippen LogP contribution in [0.1, 0.15) is 27.9 Å². The summed E-state index contributed by atoms with van der Waals surface area (Å²) in [7, 11) is 2.11. The van der Waals surface area contributed by atoms with Crippen molar-refractivity contribution in [3.63, 3.8) is 0 Å². The van der Waals surface area contributed by atoms with Crippen molar-refractivity contribution >= 4 is 5.91 Å². The summed E-state index contributed by atoms with van der Waals surface area (Å²) in [6.45, 7) is 7.62. The molecule has 0 aliphatic carbocycles. The van der Waals surface area contributed by atoms with Crippen LogP contribution in [0.5, 0.6) is 0 Å². The molecule has 1 aromatic heterocycles. The molecule has 1 amide bonds. The molecule has 5 nitrogen and oxygen atoms in total. The Morgan fingerprint density at radius 1 is 0.966 bits per heavy atom. The van der Waals surface area contributed by atoms with Crippen LogP contribution in [0.2, 0.25) is 0 Å². The van der Waals surface area contributed by atoms with Crippen LogP contribution in [0.15, 0.2) is 54.7 Å². The van der Waals surface area contributed by atoms with Crippen molar-refractivity contribution in [2.45, 2.75) is 20.3 Å². The van der Waals surface area contributed by atoms with E-state index >= 15 is 0 Å². The van der Waals surface area contributed by atoms with E-state index in [0.717, 1.165) is 55.1 Å². The van der Waals surface area contributed by atoms with Crippen molar-refractivity contribution in [3.8, 4) is 16.9 Å². The number of rotatable bonds is 3. The molecule has 4 rings (SSSR count). The Bertz CT molecular complexity index is 1010. The third-order valence-electron chi connectivity index (χ3n) is 5.61. The summed E-state index contributed by atoms with van der Waals surface area (Å²) in [4.78, 5) is 17.8. The highest BCUT2D eigenvalue weighted by Gasteiger charge is 2.25. The molecule has 0 spiro atoms. The van der Waals surface area contributed by atoms with Crippen LogP contribution >= 0.6 is 0 Å². The van der Waals surface area contributed by atoms with Crippen LogP contribution in [0, 0.1) is 13.8 Å². The molecule has 5 heteroatoms. The van der Waals surface area contributed by atoms with E-state index in [1.165, 1.54) is 5.56 Å². The Morgan fingerprint density at radius 2 is 1.76 bits per heavy atom. The lowest BCUT2D eigenvalue weighted by atomic mass is 10.00. The van der Waals surface area contributed by atoms with Gasteiger partial charge in [0.05, 0.1) is 11.3 Å². The van der Waals surface area contributed by atoms with Gasteiger partial charge in [0.25, 0.3) is 5.91 Å². The maximum atomic E-state index is 13.5. The zero-order valence-corrected chi connectivity index (χ0v) is 17.4. The Balaban J connectivity index is 1.78. The van der Waals surface area contributed by atoms with Crippen molar-refractivity contribution < 1.29 is 4.79 Å². The van der Waals surface area contributed by atoms with Gasteiger partial charge in [-0.05, 0) is 51.6 Å². The minimum absolute atomic E-state index is 0.0671. The molecule has 0 atom stereocenters. The fourth-order valence-electron chi connectivity index (χ4n) is 3.94. The number of carbonyl (C=O) groups excluding carboxylic acids is 1. The Kier molecular flexibility index (Phi) is 5.49. The number of hydrogen-bond acceptors (Lipinski definition) is 3. The van der Waals surface area contributed by atoms with E-state index < -0.39 is 0 Å². The molecular weight excluding hydrogens is 360 g/mol. The molecule has 29 heavy (non-hydrogen) atoms. The van der Waals surface area contributed by atoms with E-state index in [1.807, 2.05) is 46.1 Å². The number of aromatic nitrogens is 2. The van der Waals surface area contributed by atoms with E-state index in [0.29, 0.717) is 5.56 Å². The first kappa shape index (κ1) is 19.4. The maximum Gasteiger partial charge on any atom is 0.257 e. The largest absolute Gasteiger partial charge is 0.337 e. The van der Waals surface area contributed by atoms with Gasteiger partial charge in [-0.1, -0.05) is 42.0 Å². The van der Waals surface area contributed by atoms with Gasteiger partial charge >= 0.3 is 0 Å². The minimum Gasteiger partial charge on any atom is -0.337 e. The second kappa shape index (κ2) is 8.21. The van der Waals surface area contributed by atoms with Gasteiger partial charge in [0.15, 0.2) is 0 Å².